The molecule has 0 bridgehead atoms. The summed E-state index contributed by atoms with van der Waals surface area (Å²) < 4.78 is 23.6. The number of benzene rings is 3. The number of carbonyl (C=O) groups is 2. The number of hydrogen-bond donors (Lipinski definition) is 1. The molecule has 0 saturated carbocycles. The molecular weight excluding hydrogens is 712 g/mol. The van der Waals surface area contributed by atoms with Crippen LogP contribution in [0, 0.1) is 20.2 Å². The Morgan fingerprint density at radius 3 is 2.39 bits per heavy atom. The quantitative estimate of drug-likeness (QED) is 0.0368. The molecule has 1 N–H and O–H groups in total. The number of esters is 1. The summed E-state index contributed by atoms with van der Waals surface area (Å²) in [6.45, 7) is 4.37. The third kappa shape index (κ3) is 10.1. The summed E-state index contributed by atoms with van der Waals surface area (Å²) in [5, 5.41) is 33.1. The van der Waals surface area contributed by atoms with Gasteiger partial charge in [0, 0.05) is 19.4 Å². The first-order valence-electron chi connectivity index (χ1n) is 16.7. The molecule has 0 spiro atoms. The van der Waals surface area contributed by atoms with E-state index >= 15 is 0 Å². The smallest absolute Gasteiger partial charge is 0.465 e. The molecule has 3 aromatic carbocycles. The second-order valence-electron chi connectivity index (χ2n) is 12.0. The van der Waals surface area contributed by atoms with Crippen molar-refractivity contribution in [2.24, 2.45) is 0 Å². The zero-order valence-electron chi connectivity index (χ0n) is 29.4. The van der Waals surface area contributed by atoms with Gasteiger partial charge >= 0.3 is 12.1 Å². The summed E-state index contributed by atoms with van der Waals surface area (Å²) in [5.41, 5.74) is 4.67. The van der Waals surface area contributed by atoms with Crippen LogP contribution < -0.4 is 4.74 Å². The van der Waals surface area contributed by atoms with Crippen LogP contribution in [0.3, 0.4) is 0 Å². The van der Waals surface area contributed by atoms with Crippen molar-refractivity contribution in [3.8, 4) is 28.5 Å². The van der Waals surface area contributed by atoms with E-state index in [-0.39, 0.29) is 38.0 Å². The van der Waals surface area contributed by atoms with Crippen molar-refractivity contribution in [1.29, 1.82) is 0 Å². The Bertz CT molecular complexity index is 2070. The molecule has 0 aliphatic rings. The summed E-state index contributed by atoms with van der Waals surface area (Å²) in [7, 11) is 0. The molecule has 2 heterocycles. The Kier molecular flexibility index (Phi) is 12.5. The third-order valence-corrected chi connectivity index (χ3v) is 7.77. The SMILES string of the molecule is CCOc1nc2cccc(C(=O)OC(C)(C)OC(=O)OCCCCC(CO[N+](=O)[O-])O[N+](=O)[O-])c2n1Cc1ccc(-c2ccccc2-c2nnn[nH]2)cc1. The summed E-state index contributed by atoms with van der Waals surface area (Å²) in [4.78, 5) is 60.2. The number of aromatic amines is 1. The van der Waals surface area contributed by atoms with E-state index in [1.807, 2.05) is 55.5 Å². The summed E-state index contributed by atoms with van der Waals surface area (Å²) in [6.07, 6.45) is -1.83. The Balaban J connectivity index is 1.24. The molecule has 0 amide bonds. The van der Waals surface area contributed by atoms with Gasteiger partial charge in [-0.2, -0.15) is 4.98 Å². The fraction of sp³-hybridized carbons (Fsp3) is 0.353. The molecule has 0 saturated heterocycles. The molecule has 5 rings (SSSR count). The lowest BCUT2D eigenvalue weighted by Crippen LogP contribution is -2.34. The fourth-order valence-corrected chi connectivity index (χ4v) is 5.49. The molecular formula is C34H36N8O12. The minimum Gasteiger partial charge on any atom is -0.465 e. The van der Waals surface area contributed by atoms with Gasteiger partial charge in [0.1, 0.15) is 12.7 Å². The van der Waals surface area contributed by atoms with Crippen molar-refractivity contribution in [2.45, 2.75) is 58.5 Å². The highest BCUT2D eigenvalue weighted by Gasteiger charge is 2.31. The minimum absolute atomic E-state index is 0.0198. The number of ether oxygens (including phenoxy) is 4. The molecule has 0 radical (unpaired) electrons. The van der Waals surface area contributed by atoms with E-state index in [1.165, 1.54) is 13.8 Å². The number of imidazole rings is 1. The second-order valence-corrected chi connectivity index (χ2v) is 12.0. The molecule has 20 heteroatoms. The minimum atomic E-state index is -1.76. The number of nitrogens with one attached hydrogen (secondary N) is 1. The standard InChI is InChI=1S/C34H36N8O12/c1-4-49-32-35-28-14-9-13-27(31(43)52-34(2,3)53-33(44)50-19-8-7-10-24(54-42(47)48)21-51-41(45)46)29(28)40(32)20-22-15-17-23(18-16-22)25-11-5-6-12-26(25)30-36-38-39-37-30/h5-6,9,11-18,24H,4,7-8,10,19-21H2,1-3H3,(H,36,37,38,39). The number of para-hydroxylation sites is 1. The molecule has 20 nitrogen and oxygen atoms in total. The van der Waals surface area contributed by atoms with Gasteiger partial charge in [-0.15, -0.1) is 25.3 Å². The number of aromatic nitrogens is 6. The van der Waals surface area contributed by atoms with Gasteiger partial charge in [0.15, 0.2) is 5.82 Å². The molecule has 0 aliphatic carbocycles. The van der Waals surface area contributed by atoms with Crippen LogP contribution in [0.25, 0.3) is 33.5 Å². The van der Waals surface area contributed by atoms with E-state index in [9.17, 15) is 29.8 Å². The molecule has 0 aliphatic heterocycles. The Morgan fingerprint density at radius 2 is 1.70 bits per heavy atom. The van der Waals surface area contributed by atoms with Gasteiger partial charge in [-0.05, 0) is 65.4 Å². The predicted octanol–water partition coefficient (Wildman–Crippen LogP) is 5.33. The van der Waals surface area contributed by atoms with Gasteiger partial charge in [0.05, 0.1) is 36.4 Å². The van der Waals surface area contributed by atoms with Crippen LogP contribution in [0.1, 0.15) is 56.0 Å². The number of hydrogen-bond acceptors (Lipinski definition) is 16. The zero-order chi connectivity index (χ0) is 38.7. The highest BCUT2D eigenvalue weighted by molar-refractivity contribution is 6.02. The van der Waals surface area contributed by atoms with Crippen LogP contribution in [-0.2, 0) is 30.4 Å². The van der Waals surface area contributed by atoms with Crippen LogP contribution in [-0.4, -0.2) is 84.2 Å². The first-order valence-corrected chi connectivity index (χ1v) is 16.7. The number of tetrazole rings is 1. The van der Waals surface area contributed by atoms with E-state index < -0.39 is 40.8 Å². The lowest BCUT2D eigenvalue weighted by Gasteiger charge is -2.24. The Morgan fingerprint density at radius 1 is 0.944 bits per heavy atom. The number of rotatable bonds is 19. The monoisotopic (exact) mass is 748 g/mol. The van der Waals surface area contributed by atoms with Gasteiger partial charge in [0.25, 0.3) is 22.0 Å². The molecule has 1 atom stereocenters. The van der Waals surface area contributed by atoms with Crippen LogP contribution >= 0.6 is 0 Å². The predicted molar refractivity (Wildman–Crippen MR) is 186 cm³/mol. The number of unbranched alkanes of at least 4 members (excludes halogenated alkanes) is 1. The maximum absolute atomic E-state index is 13.6. The fourth-order valence-electron chi connectivity index (χ4n) is 5.49. The number of fused-ring (bicyclic) bond motifs is 1. The van der Waals surface area contributed by atoms with E-state index in [4.69, 9.17) is 18.9 Å². The van der Waals surface area contributed by atoms with Crippen LogP contribution in [0.4, 0.5) is 4.79 Å². The second kappa shape index (κ2) is 17.6. The van der Waals surface area contributed by atoms with E-state index in [2.05, 4.69) is 35.3 Å². The van der Waals surface area contributed by atoms with Crippen molar-refractivity contribution >= 4 is 23.2 Å². The van der Waals surface area contributed by atoms with Gasteiger partial charge in [-0.25, -0.2) is 14.7 Å². The first kappa shape index (κ1) is 38.4. The maximum atomic E-state index is 13.6. The summed E-state index contributed by atoms with van der Waals surface area (Å²) >= 11 is 0. The van der Waals surface area contributed by atoms with Gasteiger partial charge < -0.3 is 28.6 Å². The molecule has 1 unspecified atom stereocenters. The van der Waals surface area contributed by atoms with E-state index in [0.29, 0.717) is 29.5 Å². The van der Waals surface area contributed by atoms with Crippen molar-refractivity contribution in [3.05, 3.63) is 98.1 Å². The highest BCUT2D eigenvalue weighted by atomic mass is 17.0. The van der Waals surface area contributed by atoms with Crippen molar-refractivity contribution < 1.29 is 48.4 Å². The molecule has 5 aromatic rings. The molecule has 284 valence electrons. The lowest BCUT2D eigenvalue weighted by atomic mass is 9.98. The zero-order valence-corrected chi connectivity index (χ0v) is 29.4. The first-order chi connectivity index (χ1) is 25.9. The van der Waals surface area contributed by atoms with Gasteiger partial charge in [0.2, 0.25) is 0 Å². The number of H-pyrrole nitrogens is 1. The maximum Gasteiger partial charge on any atom is 0.511 e. The lowest BCUT2D eigenvalue weighted by molar-refractivity contribution is -0.790. The highest BCUT2D eigenvalue weighted by Crippen LogP contribution is 2.31. The van der Waals surface area contributed by atoms with Gasteiger partial charge in [-0.1, -0.05) is 54.6 Å². The van der Waals surface area contributed by atoms with E-state index in [1.54, 1.807) is 22.8 Å². The van der Waals surface area contributed by atoms with Crippen molar-refractivity contribution in [3.63, 3.8) is 0 Å². The Labute approximate surface area is 306 Å². The van der Waals surface area contributed by atoms with Crippen molar-refractivity contribution in [1.82, 2.24) is 30.2 Å². The summed E-state index contributed by atoms with van der Waals surface area (Å²) in [6, 6.07) is 20.8. The average Bonchev–Trinajstić information content (AvgIpc) is 3.79. The number of nitrogens with zero attached hydrogens (tertiary/aromatic N) is 7. The Hall–Kier alpha value is -6.86. The van der Waals surface area contributed by atoms with Crippen LogP contribution in [0.15, 0.2) is 66.7 Å². The average molecular weight is 749 g/mol. The normalized spacial score (nSPS) is 11.8. The van der Waals surface area contributed by atoms with Crippen molar-refractivity contribution in [2.75, 3.05) is 19.8 Å². The summed E-state index contributed by atoms with van der Waals surface area (Å²) in [5.74, 6) is -2.02. The largest absolute Gasteiger partial charge is 0.511 e. The van der Waals surface area contributed by atoms with Gasteiger partial charge in [-0.3, -0.25) is 4.57 Å². The van der Waals surface area contributed by atoms with Crippen LogP contribution in [0.2, 0.25) is 0 Å². The van der Waals surface area contributed by atoms with Crippen LogP contribution in [0.5, 0.6) is 6.01 Å². The molecule has 54 heavy (non-hydrogen) atoms. The van der Waals surface area contributed by atoms with E-state index in [0.717, 1.165) is 22.3 Å². The molecule has 0 fully saturated rings. The third-order valence-electron chi connectivity index (χ3n) is 7.77. The topological polar surface area (TPSA) is 248 Å². The number of carbonyl (C=O) groups excluding carboxylic acids is 2. The molecule has 2 aromatic heterocycles.